The first-order valence-corrected chi connectivity index (χ1v) is 6.46. The summed E-state index contributed by atoms with van der Waals surface area (Å²) in [5.74, 6) is 1.63. The van der Waals surface area contributed by atoms with Gasteiger partial charge in [0, 0.05) is 30.1 Å². The number of ether oxygens (including phenoxy) is 1. The highest BCUT2D eigenvalue weighted by Crippen LogP contribution is 2.26. The molecule has 0 atom stereocenters. The third-order valence-corrected chi connectivity index (χ3v) is 3.48. The molecule has 3 N–H and O–H groups in total. The first kappa shape index (κ1) is 12.1. The second kappa shape index (κ2) is 5.80. The number of nitrogens with one attached hydrogen (secondary N) is 1. The number of hydrogen-bond donors (Lipinski definition) is 2. The van der Waals surface area contributed by atoms with E-state index in [1.807, 2.05) is 18.2 Å². The minimum atomic E-state index is 0.746. The minimum absolute atomic E-state index is 0.746. The van der Waals surface area contributed by atoms with E-state index in [1.165, 1.54) is 32.1 Å². The number of benzene rings is 1. The molecule has 1 fully saturated rings. The lowest BCUT2D eigenvalue weighted by molar-refractivity contribution is 0.373. The quantitative estimate of drug-likeness (QED) is 0.786. The smallest absolute Gasteiger partial charge is 0.122 e. The number of nitrogens with two attached hydrogens (primary N) is 1. The van der Waals surface area contributed by atoms with E-state index in [9.17, 15) is 0 Å². The average molecular weight is 234 g/mol. The Hall–Kier alpha value is -1.38. The van der Waals surface area contributed by atoms with Crippen LogP contribution in [0, 0.1) is 5.92 Å². The Morgan fingerprint density at radius 3 is 2.71 bits per heavy atom. The molecule has 0 heterocycles. The van der Waals surface area contributed by atoms with E-state index in [2.05, 4.69) is 5.32 Å². The van der Waals surface area contributed by atoms with Crippen LogP contribution in [0.4, 0.5) is 11.4 Å². The molecule has 1 aliphatic carbocycles. The van der Waals surface area contributed by atoms with Crippen molar-refractivity contribution >= 4 is 11.4 Å². The maximum atomic E-state index is 5.82. The topological polar surface area (TPSA) is 47.3 Å². The molecular weight excluding hydrogens is 212 g/mol. The lowest BCUT2D eigenvalue weighted by Crippen LogP contribution is -2.17. The summed E-state index contributed by atoms with van der Waals surface area (Å²) in [6.07, 6.45) is 6.88. The summed E-state index contributed by atoms with van der Waals surface area (Å²) in [5.41, 5.74) is 7.63. The largest absolute Gasteiger partial charge is 0.497 e. The van der Waals surface area contributed by atoms with Gasteiger partial charge in [-0.1, -0.05) is 19.3 Å². The van der Waals surface area contributed by atoms with Gasteiger partial charge in [-0.05, 0) is 24.8 Å². The van der Waals surface area contributed by atoms with Gasteiger partial charge in [-0.15, -0.1) is 0 Å². The third kappa shape index (κ3) is 3.55. The van der Waals surface area contributed by atoms with Crippen LogP contribution < -0.4 is 15.8 Å². The second-order valence-electron chi connectivity index (χ2n) is 4.88. The summed E-state index contributed by atoms with van der Waals surface area (Å²) >= 11 is 0. The molecule has 17 heavy (non-hydrogen) atoms. The summed E-state index contributed by atoms with van der Waals surface area (Å²) in [7, 11) is 1.67. The maximum absolute atomic E-state index is 5.82. The van der Waals surface area contributed by atoms with Gasteiger partial charge in [-0.25, -0.2) is 0 Å². The molecule has 2 rings (SSSR count). The van der Waals surface area contributed by atoms with E-state index in [0.29, 0.717) is 0 Å². The molecule has 0 unspecified atom stereocenters. The predicted octanol–water partition coefficient (Wildman–Crippen LogP) is 3.27. The Labute approximate surface area is 103 Å². The number of nitrogen functional groups attached to an aromatic ring is 1. The van der Waals surface area contributed by atoms with Crippen molar-refractivity contribution in [2.75, 3.05) is 24.7 Å². The van der Waals surface area contributed by atoms with Crippen LogP contribution in [0.1, 0.15) is 32.1 Å². The zero-order valence-corrected chi connectivity index (χ0v) is 10.5. The molecule has 3 heteroatoms. The Morgan fingerprint density at radius 2 is 2.00 bits per heavy atom. The van der Waals surface area contributed by atoms with Gasteiger partial charge in [0.05, 0.1) is 7.11 Å². The number of rotatable bonds is 4. The lowest BCUT2D eigenvalue weighted by Gasteiger charge is -2.22. The van der Waals surface area contributed by atoms with E-state index in [1.54, 1.807) is 7.11 Å². The van der Waals surface area contributed by atoms with Crippen LogP contribution in [0.15, 0.2) is 18.2 Å². The zero-order valence-electron chi connectivity index (χ0n) is 10.5. The van der Waals surface area contributed by atoms with Crippen LogP contribution in [0.5, 0.6) is 5.75 Å². The Bertz CT molecular complexity index is 359. The predicted molar refractivity (Wildman–Crippen MR) is 72.5 cm³/mol. The SMILES string of the molecule is COc1cc(N)cc(NCC2CCCCC2)c1. The highest BCUT2D eigenvalue weighted by atomic mass is 16.5. The van der Waals surface area contributed by atoms with E-state index < -0.39 is 0 Å². The number of methoxy groups -OCH3 is 1. The van der Waals surface area contributed by atoms with Gasteiger partial charge < -0.3 is 15.8 Å². The fraction of sp³-hybridized carbons (Fsp3) is 0.571. The van der Waals surface area contributed by atoms with E-state index in [-0.39, 0.29) is 0 Å². The van der Waals surface area contributed by atoms with Crippen molar-refractivity contribution in [2.24, 2.45) is 5.92 Å². The highest BCUT2D eigenvalue weighted by Gasteiger charge is 2.12. The van der Waals surface area contributed by atoms with Gasteiger partial charge in [-0.2, -0.15) is 0 Å². The molecule has 0 aliphatic heterocycles. The van der Waals surface area contributed by atoms with Crippen molar-refractivity contribution in [1.29, 1.82) is 0 Å². The van der Waals surface area contributed by atoms with Crippen LogP contribution in [0.3, 0.4) is 0 Å². The number of anilines is 2. The molecule has 94 valence electrons. The van der Waals surface area contributed by atoms with Crippen molar-refractivity contribution in [3.63, 3.8) is 0 Å². The summed E-state index contributed by atoms with van der Waals surface area (Å²) < 4.78 is 5.21. The van der Waals surface area contributed by atoms with Gasteiger partial charge in [0.15, 0.2) is 0 Å². The van der Waals surface area contributed by atoms with Crippen LogP contribution in [-0.2, 0) is 0 Å². The number of hydrogen-bond acceptors (Lipinski definition) is 3. The van der Waals surface area contributed by atoms with Crippen molar-refractivity contribution in [3.05, 3.63) is 18.2 Å². The Balaban J connectivity index is 1.91. The lowest BCUT2D eigenvalue weighted by atomic mass is 9.89. The minimum Gasteiger partial charge on any atom is -0.497 e. The fourth-order valence-corrected chi connectivity index (χ4v) is 2.50. The molecule has 0 bridgehead atoms. The van der Waals surface area contributed by atoms with E-state index in [4.69, 9.17) is 10.5 Å². The first-order chi connectivity index (χ1) is 8.28. The van der Waals surface area contributed by atoms with Crippen LogP contribution >= 0.6 is 0 Å². The summed E-state index contributed by atoms with van der Waals surface area (Å²) in [6, 6.07) is 5.80. The van der Waals surface area contributed by atoms with E-state index in [0.717, 1.165) is 29.6 Å². The summed E-state index contributed by atoms with van der Waals surface area (Å²) in [4.78, 5) is 0. The van der Waals surface area contributed by atoms with Gasteiger partial charge in [-0.3, -0.25) is 0 Å². The highest BCUT2D eigenvalue weighted by molar-refractivity contribution is 5.59. The summed E-state index contributed by atoms with van der Waals surface area (Å²) in [5, 5.41) is 3.47. The second-order valence-corrected chi connectivity index (χ2v) is 4.88. The normalized spacial score (nSPS) is 16.8. The molecule has 0 spiro atoms. The van der Waals surface area contributed by atoms with Crippen molar-refractivity contribution in [2.45, 2.75) is 32.1 Å². The molecule has 1 saturated carbocycles. The summed E-state index contributed by atoms with van der Waals surface area (Å²) in [6.45, 7) is 1.05. The average Bonchev–Trinajstić information content (AvgIpc) is 2.37. The van der Waals surface area contributed by atoms with Crippen molar-refractivity contribution in [1.82, 2.24) is 0 Å². The fourth-order valence-electron chi connectivity index (χ4n) is 2.50. The molecule has 0 aromatic heterocycles. The van der Waals surface area contributed by atoms with E-state index >= 15 is 0 Å². The molecule has 1 aromatic rings. The molecule has 0 saturated heterocycles. The third-order valence-electron chi connectivity index (χ3n) is 3.48. The maximum Gasteiger partial charge on any atom is 0.122 e. The zero-order chi connectivity index (χ0) is 12.1. The van der Waals surface area contributed by atoms with Crippen LogP contribution in [-0.4, -0.2) is 13.7 Å². The van der Waals surface area contributed by atoms with Crippen LogP contribution in [0.2, 0.25) is 0 Å². The first-order valence-electron chi connectivity index (χ1n) is 6.46. The van der Waals surface area contributed by atoms with Crippen molar-refractivity contribution in [3.8, 4) is 5.75 Å². The molecular formula is C14H22N2O. The van der Waals surface area contributed by atoms with Gasteiger partial charge >= 0.3 is 0 Å². The van der Waals surface area contributed by atoms with Gasteiger partial charge in [0.2, 0.25) is 0 Å². The Kier molecular flexibility index (Phi) is 4.13. The molecule has 0 amide bonds. The monoisotopic (exact) mass is 234 g/mol. The van der Waals surface area contributed by atoms with Crippen molar-refractivity contribution < 1.29 is 4.74 Å². The molecule has 3 nitrogen and oxygen atoms in total. The Morgan fingerprint density at radius 1 is 1.24 bits per heavy atom. The van der Waals surface area contributed by atoms with Crippen LogP contribution in [0.25, 0.3) is 0 Å². The molecule has 1 aliphatic rings. The molecule has 0 radical (unpaired) electrons. The standard InChI is InChI=1S/C14H22N2O/c1-17-14-8-12(15)7-13(9-14)16-10-11-5-3-2-4-6-11/h7-9,11,16H,2-6,10,15H2,1H3. The van der Waals surface area contributed by atoms with Gasteiger partial charge in [0.1, 0.15) is 5.75 Å². The van der Waals surface area contributed by atoms with Gasteiger partial charge in [0.25, 0.3) is 0 Å². The molecule has 1 aromatic carbocycles.